The molecule has 0 unspecified atom stereocenters. The van der Waals surface area contributed by atoms with Crippen LogP contribution in [0, 0.1) is 29.6 Å². The summed E-state index contributed by atoms with van der Waals surface area (Å²) >= 11 is 0.937. The number of carbonyl (C=O) groups excluding carboxylic acids is 15. The molecule has 16 atom stereocenters. The number of rotatable bonds is 61. The fraction of sp³-hybridized carbons (Fsp3) is 0.548. The van der Waals surface area contributed by atoms with E-state index in [1.165, 1.54) is 71.4 Å². The number of carbonyl (C=O) groups is 19. The van der Waals surface area contributed by atoms with Gasteiger partial charge in [-0.2, -0.15) is 0 Å². The number of aromatic nitrogens is 3. The van der Waals surface area contributed by atoms with E-state index in [-0.39, 0.29) is 93.3 Å². The number of unbranched alkanes of at least 4 members (excludes halogenated alkanes) is 1. The number of nitrogens with zero attached hydrogens (tertiary/aromatic N) is 1. The van der Waals surface area contributed by atoms with Gasteiger partial charge in [-0.15, -0.1) is 11.8 Å². The molecular weight excluding hydrogens is 1810 g/mol. The van der Waals surface area contributed by atoms with Gasteiger partial charge in [0, 0.05) is 73.8 Å². The Labute approximate surface area is 804 Å². The molecule has 758 valence electrons. The smallest absolute Gasteiger partial charge is 0.326 e. The Morgan fingerprint density at radius 2 is 0.899 bits per heavy atom. The standard InChI is InChI=1S/C93H136N20O24S/c1-14-51(9)76(89(133)108-70(91(135)136)39-56-43-97-61-26-20-19-25-59(56)61)111-90(134)77(52(10)15-2)110-85(129)69(42-74(120)121)106-80(124)64(36-49(5)6)103-83(127)67(40-57-44-96-46-98-57)105-86(130)71(45-138-47-99-53(11)114)109-82(126)65(37-54-23-17-16-18-24-54)104-81(125)66(38-55-28-30-58(115)31-29-55)107-88(132)75(50(7)8)112-92(137)93(12,13)113-87(131)63(32-33-72(116)117)101-79(123)62(27-21-22-34-94)100-84(128)68(41-73(118)119)102-78(122)60(95)35-48(3)4/h16-20,23-26,28-31,43-44,46,48-52,60,62-71,75-77,97,115H,14-15,21-22,27,32-42,45,47,94-95H2,1-13H3,(H,96,98)(H,99,114)(H,100,128)(H,101,123)(H,102,122)(H,103,127)(H,104,125)(H,105,130)(H,106,124)(H,107,132)(H,108,133)(H,109,126)(H,110,129)(H,111,134)(H,112,137)(H,113,131)(H,116,117)(H,118,119)(H,120,121)(H,135,136)/t51-,52-,60-,62-,63-,64-,65-,66-,67-,68-,69-,70-,71-,75-,76-,77-/m0/s1. The van der Waals surface area contributed by atoms with Gasteiger partial charge < -0.3 is 127 Å². The summed E-state index contributed by atoms with van der Waals surface area (Å²) in [5, 5.41) is 89.5. The molecule has 0 fully saturated rings. The van der Waals surface area contributed by atoms with Crippen LogP contribution < -0.4 is 91.2 Å². The first-order valence-electron chi connectivity index (χ1n) is 45.8. The van der Waals surface area contributed by atoms with Gasteiger partial charge in [-0.3, -0.25) is 86.3 Å². The summed E-state index contributed by atoms with van der Waals surface area (Å²) in [5.41, 5.74) is 12.1. The van der Waals surface area contributed by atoms with Crippen molar-refractivity contribution in [3.05, 3.63) is 120 Å². The summed E-state index contributed by atoms with van der Waals surface area (Å²) in [4.78, 5) is 275. The lowest BCUT2D eigenvalue weighted by Crippen LogP contribution is -2.64. The van der Waals surface area contributed by atoms with Crippen LogP contribution in [0.3, 0.4) is 0 Å². The second-order valence-electron chi connectivity index (χ2n) is 35.9. The van der Waals surface area contributed by atoms with Gasteiger partial charge in [0.05, 0.1) is 31.1 Å². The number of imidazole rings is 1. The van der Waals surface area contributed by atoms with Gasteiger partial charge >= 0.3 is 23.9 Å². The number of para-hydroxylation sites is 1. The molecule has 0 aliphatic rings. The largest absolute Gasteiger partial charge is 0.508 e. The van der Waals surface area contributed by atoms with E-state index in [1.807, 2.05) is 0 Å². The van der Waals surface area contributed by atoms with Gasteiger partial charge in [-0.05, 0) is 123 Å². The van der Waals surface area contributed by atoms with Crippen LogP contribution in [0.1, 0.15) is 183 Å². The Morgan fingerprint density at radius 3 is 1.42 bits per heavy atom. The maximum atomic E-state index is 15.3. The zero-order valence-electron chi connectivity index (χ0n) is 79.9. The molecule has 0 bridgehead atoms. The minimum absolute atomic E-state index is 0.0682. The average Bonchev–Trinajstić information content (AvgIpc) is 1.19. The third kappa shape index (κ3) is 38.9. The first kappa shape index (κ1) is 115. The highest BCUT2D eigenvalue weighted by atomic mass is 32.2. The van der Waals surface area contributed by atoms with E-state index in [0.717, 1.165) is 22.7 Å². The Morgan fingerprint density at radius 1 is 0.449 bits per heavy atom. The molecule has 0 saturated carbocycles. The SMILES string of the molecule is CC[C@H](C)[C@H](NC(=O)[C@H](CC(=O)O)NC(=O)[C@H](CC(C)C)NC(=O)[C@H](Cc1cnc[nH]1)NC(=O)[C@H](CSCNC(C)=O)NC(=O)[C@H](Cc1ccccc1)NC(=O)[C@H](Cc1ccc(O)cc1)NC(=O)[C@@H](NC(=O)C(C)(C)NC(=O)[C@H](CCC(=O)O)NC(=O)[C@H](CCCCN)NC(=O)[C@H](CC(=O)O)NC(=O)[C@@H](N)CC(C)C)C(C)C)C(=O)N[C@H](C(=O)N[C@@H](Cc1c[nH]c2ccccc12)C(=O)O)[C@@H](C)CC. The highest BCUT2D eigenvalue weighted by Crippen LogP contribution is 2.23. The van der Waals surface area contributed by atoms with Crippen molar-refractivity contribution in [2.75, 3.05) is 18.2 Å². The number of hydrogen-bond donors (Lipinski definition) is 24. The van der Waals surface area contributed by atoms with Gasteiger partial charge in [0.15, 0.2) is 0 Å². The molecule has 0 aliphatic carbocycles. The quantitative estimate of drug-likeness (QED) is 0.0181. The summed E-state index contributed by atoms with van der Waals surface area (Å²) in [7, 11) is 0. The van der Waals surface area contributed by atoms with Crippen LogP contribution >= 0.6 is 11.8 Å². The number of amides is 15. The Kier molecular flexibility index (Phi) is 47.3. The number of hydrogen-bond acceptors (Lipinski definition) is 24. The molecule has 26 N–H and O–H groups in total. The maximum Gasteiger partial charge on any atom is 0.326 e. The molecule has 2 heterocycles. The second-order valence-corrected chi connectivity index (χ2v) is 37.0. The van der Waals surface area contributed by atoms with Crippen LogP contribution in [-0.4, -0.2) is 261 Å². The van der Waals surface area contributed by atoms with E-state index in [1.54, 1.807) is 116 Å². The van der Waals surface area contributed by atoms with E-state index >= 15 is 19.2 Å². The number of fused-ring (bicyclic) bond motifs is 1. The van der Waals surface area contributed by atoms with Crippen molar-refractivity contribution in [1.82, 2.24) is 94.7 Å². The molecule has 138 heavy (non-hydrogen) atoms. The molecule has 0 radical (unpaired) electrons. The van der Waals surface area contributed by atoms with Crippen molar-refractivity contribution >= 4 is 135 Å². The number of H-pyrrole nitrogens is 2. The Hall–Kier alpha value is -13.6. The van der Waals surface area contributed by atoms with Crippen molar-refractivity contribution < 1.29 is 117 Å². The van der Waals surface area contributed by atoms with Crippen LogP contribution in [0.2, 0.25) is 0 Å². The van der Waals surface area contributed by atoms with Crippen molar-refractivity contribution in [1.29, 1.82) is 0 Å². The number of phenols is 1. The zero-order chi connectivity index (χ0) is 103. The van der Waals surface area contributed by atoms with E-state index < -0.39 is 252 Å². The number of carboxylic acids is 4. The highest BCUT2D eigenvalue weighted by molar-refractivity contribution is 7.99. The van der Waals surface area contributed by atoms with Gasteiger partial charge in [-0.1, -0.05) is 143 Å². The summed E-state index contributed by atoms with van der Waals surface area (Å²) in [6.45, 7) is 20.4. The highest BCUT2D eigenvalue weighted by Gasteiger charge is 2.43. The van der Waals surface area contributed by atoms with Gasteiger partial charge in [0.1, 0.15) is 89.8 Å². The van der Waals surface area contributed by atoms with Crippen molar-refractivity contribution in [3.8, 4) is 5.75 Å². The number of carboxylic acid groups (broad SMARTS) is 4. The number of thioether (sulfide) groups is 1. The first-order chi connectivity index (χ1) is 65.0. The zero-order valence-corrected chi connectivity index (χ0v) is 80.8. The second kappa shape index (κ2) is 56.8. The van der Waals surface area contributed by atoms with Crippen LogP contribution in [0.5, 0.6) is 5.75 Å². The molecule has 0 saturated heterocycles. The molecular formula is C93H136N20O24S. The number of phenolic OH excluding ortho intramolecular Hbond substituents is 1. The Bertz CT molecular complexity index is 4980. The lowest BCUT2D eigenvalue weighted by molar-refractivity contribution is -0.143. The minimum Gasteiger partial charge on any atom is -0.508 e. The number of aromatic amines is 2. The average molecular weight is 1950 g/mol. The van der Waals surface area contributed by atoms with Crippen LogP contribution in [0.4, 0.5) is 0 Å². The maximum absolute atomic E-state index is 15.3. The third-order valence-corrected chi connectivity index (χ3v) is 23.6. The molecule has 5 aromatic rings. The monoisotopic (exact) mass is 1950 g/mol. The number of aliphatic carboxylic acids is 4. The topological polar surface area (TPSA) is 702 Å². The third-order valence-electron chi connectivity index (χ3n) is 22.7. The predicted octanol–water partition coefficient (Wildman–Crippen LogP) is 0.0867. The number of benzene rings is 3. The van der Waals surface area contributed by atoms with Crippen LogP contribution in [0.25, 0.3) is 10.9 Å². The summed E-state index contributed by atoms with van der Waals surface area (Å²) in [6, 6.07) is -1.54. The van der Waals surface area contributed by atoms with Gasteiger partial charge in [-0.25, -0.2) is 9.78 Å². The molecule has 0 aliphatic heterocycles. The van der Waals surface area contributed by atoms with Crippen molar-refractivity contribution in [2.24, 2.45) is 41.1 Å². The molecule has 0 spiro atoms. The number of aromatic hydroxyl groups is 1. The summed E-state index contributed by atoms with van der Waals surface area (Å²) in [6.07, 6.45) is 0.528. The van der Waals surface area contributed by atoms with Crippen LogP contribution in [-0.2, 0) is 117 Å². The summed E-state index contributed by atoms with van der Waals surface area (Å²) in [5.74, 6) is -24.1. The molecule has 44 nitrogen and oxygen atoms in total. The fourth-order valence-electron chi connectivity index (χ4n) is 14.5. The van der Waals surface area contributed by atoms with E-state index in [0.29, 0.717) is 29.5 Å². The molecule has 5 rings (SSSR count). The molecule has 45 heteroatoms. The van der Waals surface area contributed by atoms with Crippen LogP contribution in [0.15, 0.2) is 97.6 Å². The Balaban J connectivity index is 1.43. The first-order valence-corrected chi connectivity index (χ1v) is 47.0. The molecule has 15 amide bonds. The predicted molar refractivity (Wildman–Crippen MR) is 507 cm³/mol. The van der Waals surface area contributed by atoms with Crippen molar-refractivity contribution in [3.63, 3.8) is 0 Å². The number of nitrogens with one attached hydrogen (secondary N) is 17. The number of nitrogens with two attached hydrogens (primary N) is 2. The summed E-state index contributed by atoms with van der Waals surface area (Å²) < 4.78 is 0. The molecule has 3 aromatic carbocycles. The van der Waals surface area contributed by atoms with Crippen molar-refractivity contribution in [2.45, 2.75) is 276 Å². The minimum atomic E-state index is -2.04. The lowest BCUT2D eigenvalue weighted by Gasteiger charge is -2.32. The lowest BCUT2D eigenvalue weighted by atomic mass is 9.94. The fourth-order valence-corrected chi connectivity index (χ4v) is 15.4. The van der Waals surface area contributed by atoms with E-state index in [2.05, 4.69) is 94.7 Å². The van der Waals surface area contributed by atoms with E-state index in [4.69, 9.17) is 11.5 Å². The van der Waals surface area contributed by atoms with E-state index in [9.17, 15) is 97.5 Å². The van der Waals surface area contributed by atoms with Gasteiger partial charge in [0.25, 0.3) is 0 Å². The normalized spacial score (nSPS) is 14.9. The van der Waals surface area contributed by atoms with Gasteiger partial charge in [0.2, 0.25) is 88.6 Å². The molecule has 2 aromatic heterocycles.